The van der Waals surface area contributed by atoms with Crippen LogP contribution in [0.5, 0.6) is 0 Å². The van der Waals surface area contributed by atoms with Crippen LogP contribution in [0.4, 0.5) is 0 Å². The van der Waals surface area contributed by atoms with Crippen LogP contribution >= 0.6 is 0 Å². The highest BCUT2D eigenvalue weighted by atomic mass is 32.2. The predicted octanol–water partition coefficient (Wildman–Crippen LogP) is 2.72. The SMILES string of the molecule is Cc1c(CCC(=O)N[C@@H]2CS(=O)(=O)C[C@@H]2O)c(=O)oc2cc3occ(-c4ccccc4)c3cc12. The van der Waals surface area contributed by atoms with Crippen molar-refractivity contribution < 1.29 is 27.2 Å². The van der Waals surface area contributed by atoms with Gasteiger partial charge in [0.05, 0.1) is 29.9 Å². The van der Waals surface area contributed by atoms with Gasteiger partial charge in [-0.2, -0.15) is 0 Å². The van der Waals surface area contributed by atoms with E-state index in [9.17, 15) is 23.1 Å². The highest BCUT2D eigenvalue weighted by Gasteiger charge is 2.37. The van der Waals surface area contributed by atoms with E-state index < -0.39 is 33.5 Å². The Kier molecular flexibility index (Phi) is 5.53. The van der Waals surface area contributed by atoms with Gasteiger partial charge in [0.15, 0.2) is 9.84 Å². The number of benzene rings is 2. The van der Waals surface area contributed by atoms with Crippen molar-refractivity contribution in [2.75, 3.05) is 11.5 Å². The molecule has 0 bridgehead atoms. The van der Waals surface area contributed by atoms with Crippen molar-refractivity contribution in [3.8, 4) is 11.1 Å². The number of aliphatic hydroxyl groups is 1. The summed E-state index contributed by atoms with van der Waals surface area (Å²) in [4.78, 5) is 25.1. The molecule has 1 saturated heterocycles. The first kappa shape index (κ1) is 22.4. The maximum Gasteiger partial charge on any atom is 0.339 e. The van der Waals surface area contributed by atoms with Crippen molar-refractivity contribution in [3.05, 3.63) is 70.3 Å². The van der Waals surface area contributed by atoms with E-state index in [2.05, 4.69) is 5.32 Å². The molecule has 1 amide bonds. The van der Waals surface area contributed by atoms with Crippen LogP contribution in [0.25, 0.3) is 33.1 Å². The topological polar surface area (TPSA) is 127 Å². The molecule has 1 fully saturated rings. The van der Waals surface area contributed by atoms with E-state index in [0.717, 1.165) is 21.9 Å². The van der Waals surface area contributed by atoms with E-state index in [4.69, 9.17) is 8.83 Å². The van der Waals surface area contributed by atoms with Crippen LogP contribution in [0.3, 0.4) is 0 Å². The second-order valence-corrected chi connectivity index (χ2v) is 10.8. The fraction of sp³-hybridized carbons (Fsp3) is 0.280. The molecule has 9 heteroatoms. The molecule has 5 rings (SSSR count). The Morgan fingerprint density at radius 2 is 1.88 bits per heavy atom. The van der Waals surface area contributed by atoms with Gasteiger partial charge in [-0.05, 0) is 30.5 Å². The Labute approximate surface area is 195 Å². The first-order valence-electron chi connectivity index (χ1n) is 10.9. The van der Waals surface area contributed by atoms with Gasteiger partial charge in [0.25, 0.3) is 0 Å². The fourth-order valence-electron chi connectivity index (χ4n) is 4.52. The predicted molar refractivity (Wildman–Crippen MR) is 127 cm³/mol. The quantitative estimate of drug-likeness (QED) is 0.420. The Morgan fingerprint density at radius 1 is 1.12 bits per heavy atom. The van der Waals surface area contributed by atoms with Crippen LogP contribution in [0.1, 0.15) is 17.5 Å². The minimum Gasteiger partial charge on any atom is -0.464 e. The van der Waals surface area contributed by atoms with Gasteiger partial charge < -0.3 is 19.3 Å². The van der Waals surface area contributed by atoms with Crippen LogP contribution in [0, 0.1) is 6.92 Å². The van der Waals surface area contributed by atoms with Crippen LogP contribution < -0.4 is 10.9 Å². The average Bonchev–Trinajstić information content (AvgIpc) is 3.31. The largest absolute Gasteiger partial charge is 0.464 e. The lowest BCUT2D eigenvalue weighted by Crippen LogP contribution is -2.42. The lowest BCUT2D eigenvalue weighted by Gasteiger charge is -2.15. The molecule has 0 aliphatic carbocycles. The number of aryl methyl sites for hydroxylation is 1. The maximum absolute atomic E-state index is 12.7. The third-order valence-corrected chi connectivity index (χ3v) is 8.05. The molecule has 0 saturated carbocycles. The third-order valence-electron chi connectivity index (χ3n) is 6.34. The van der Waals surface area contributed by atoms with Crippen LogP contribution in [0.15, 0.2) is 62.4 Å². The molecule has 0 radical (unpaired) electrons. The summed E-state index contributed by atoms with van der Waals surface area (Å²) in [5.41, 5.74) is 3.49. The molecule has 4 aromatic rings. The minimum atomic E-state index is -3.37. The Morgan fingerprint density at radius 3 is 2.59 bits per heavy atom. The highest BCUT2D eigenvalue weighted by molar-refractivity contribution is 7.91. The zero-order valence-corrected chi connectivity index (χ0v) is 19.2. The molecule has 1 aliphatic heterocycles. The van der Waals surface area contributed by atoms with E-state index >= 15 is 0 Å². The van der Waals surface area contributed by atoms with Crippen molar-refractivity contribution >= 4 is 37.7 Å². The van der Waals surface area contributed by atoms with Gasteiger partial charge in [0, 0.05) is 34.4 Å². The summed E-state index contributed by atoms with van der Waals surface area (Å²) in [6.45, 7) is 1.81. The van der Waals surface area contributed by atoms with Gasteiger partial charge in [-0.1, -0.05) is 30.3 Å². The normalized spacial score (nSPS) is 19.6. The second kappa shape index (κ2) is 8.41. The zero-order chi connectivity index (χ0) is 24.0. The standard InChI is InChI=1S/C25H23NO7S/c1-14-16(7-8-24(28)26-20-12-34(30,31)13-21(20)27)25(29)33-23-10-22-18(9-17(14)23)19(11-32-22)15-5-3-2-4-6-15/h2-6,9-11,20-21,27H,7-8,12-13H2,1H3,(H,26,28)/t20-,21+/m1/s1. The van der Waals surface area contributed by atoms with Gasteiger partial charge in [-0.25, -0.2) is 13.2 Å². The lowest BCUT2D eigenvalue weighted by atomic mass is 9.99. The Hall–Kier alpha value is -3.43. The molecule has 8 nitrogen and oxygen atoms in total. The number of aliphatic hydroxyl groups excluding tert-OH is 1. The van der Waals surface area contributed by atoms with Crippen molar-refractivity contribution in [1.82, 2.24) is 5.32 Å². The molecule has 176 valence electrons. The molecule has 2 atom stereocenters. The van der Waals surface area contributed by atoms with Crippen LogP contribution in [0.2, 0.25) is 0 Å². The van der Waals surface area contributed by atoms with Crippen molar-refractivity contribution in [3.63, 3.8) is 0 Å². The van der Waals surface area contributed by atoms with E-state index in [0.29, 0.717) is 22.3 Å². The van der Waals surface area contributed by atoms with Gasteiger partial charge in [0.2, 0.25) is 5.91 Å². The van der Waals surface area contributed by atoms with Gasteiger partial charge in [-0.3, -0.25) is 4.79 Å². The molecule has 34 heavy (non-hydrogen) atoms. The Balaban J connectivity index is 1.43. The van der Waals surface area contributed by atoms with E-state index in [1.54, 1.807) is 12.3 Å². The molecule has 0 unspecified atom stereocenters. The number of sulfone groups is 1. The summed E-state index contributed by atoms with van der Waals surface area (Å²) in [5, 5.41) is 14.1. The number of carbonyl (C=O) groups is 1. The van der Waals surface area contributed by atoms with Crippen molar-refractivity contribution in [1.29, 1.82) is 0 Å². The third kappa shape index (κ3) is 4.12. The molecule has 2 N–H and O–H groups in total. The van der Waals surface area contributed by atoms with Crippen LogP contribution in [-0.2, 0) is 21.1 Å². The van der Waals surface area contributed by atoms with Crippen molar-refractivity contribution in [2.24, 2.45) is 0 Å². The summed E-state index contributed by atoms with van der Waals surface area (Å²) in [6.07, 6.45) is 0.636. The summed E-state index contributed by atoms with van der Waals surface area (Å²) >= 11 is 0. The summed E-state index contributed by atoms with van der Waals surface area (Å²) < 4.78 is 34.5. The maximum atomic E-state index is 12.7. The van der Waals surface area contributed by atoms with E-state index in [-0.39, 0.29) is 24.3 Å². The number of nitrogens with one attached hydrogen (secondary N) is 1. The van der Waals surface area contributed by atoms with Crippen LogP contribution in [-0.4, -0.2) is 43.1 Å². The van der Waals surface area contributed by atoms with E-state index in [1.807, 2.05) is 43.3 Å². The molecule has 3 heterocycles. The average molecular weight is 482 g/mol. The zero-order valence-electron chi connectivity index (χ0n) is 18.4. The smallest absolute Gasteiger partial charge is 0.339 e. The number of furan rings is 1. The molecule has 0 spiro atoms. The van der Waals surface area contributed by atoms with Crippen molar-refractivity contribution in [2.45, 2.75) is 31.9 Å². The summed E-state index contributed by atoms with van der Waals surface area (Å²) in [7, 11) is -3.37. The molecule has 2 aromatic heterocycles. The number of amides is 1. The minimum absolute atomic E-state index is 0.0381. The Bertz CT molecular complexity index is 1570. The first-order valence-corrected chi connectivity index (χ1v) is 12.7. The first-order chi connectivity index (χ1) is 16.2. The lowest BCUT2D eigenvalue weighted by molar-refractivity contribution is -0.122. The highest BCUT2D eigenvalue weighted by Crippen LogP contribution is 2.34. The molecular weight excluding hydrogens is 458 g/mol. The van der Waals surface area contributed by atoms with E-state index in [1.165, 1.54) is 0 Å². The number of fused-ring (bicyclic) bond motifs is 2. The molecule has 1 aliphatic rings. The van der Waals surface area contributed by atoms with Gasteiger partial charge >= 0.3 is 5.63 Å². The number of hydrogen-bond acceptors (Lipinski definition) is 7. The number of carbonyl (C=O) groups excluding carboxylic acids is 1. The number of rotatable bonds is 5. The molecule has 2 aromatic carbocycles. The second-order valence-electron chi connectivity index (χ2n) is 8.67. The fourth-order valence-corrected chi connectivity index (χ4v) is 6.27. The summed E-state index contributed by atoms with van der Waals surface area (Å²) in [6, 6.07) is 12.6. The monoisotopic (exact) mass is 481 g/mol. The van der Waals surface area contributed by atoms with Gasteiger partial charge in [-0.15, -0.1) is 0 Å². The number of hydrogen-bond donors (Lipinski definition) is 2. The summed E-state index contributed by atoms with van der Waals surface area (Å²) in [5.74, 6) is -1.09. The van der Waals surface area contributed by atoms with Gasteiger partial charge in [0.1, 0.15) is 11.2 Å². The molecular formula is C25H23NO7S.